The number of ether oxygens (including phenoxy) is 1. The molecule has 3 aromatic rings. The Morgan fingerprint density at radius 2 is 2.24 bits per heavy atom. The van der Waals surface area contributed by atoms with Crippen LogP contribution in [0.15, 0.2) is 35.8 Å². The second-order valence-corrected chi connectivity index (χ2v) is 7.74. The quantitative estimate of drug-likeness (QED) is 0.637. The molecule has 9 heteroatoms. The molecule has 2 aromatic heterocycles. The van der Waals surface area contributed by atoms with Crippen molar-refractivity contribution in [2.75, 3.05) is 25.5 Å². The molecule has 7 nitrogen and oxygen atoms in total. The third kappa shape index (κ3) is 4.77. The van der Waals surface area contributed by atoms with Gasteiger partial charge in [0.2, 0.25) is 0 Å². The van der Waals surface area contributed by atoms with E-state index in [0.29, 0.717) is 16.9 Å². The lowest BCUT2D eigenvalue weighted by molar-refractivity contribution is 0.102. The van der Waals surface area contributed by atoms with E-state index < -0.39 is 0 Å². The molecule has 154 valence electrons. The van der Waals surface area contributed by atoms with Crippen molar-refractivity contribution < 1.29 is 9.53 Å². The van der Waals surface area contributed by atoms with Crippen molar-refractivity contribution in [2.45, 2.75) is 25.8 Å². The number of hydrogen-bond donors (Lipinski definition) is 2. The number of aromatic nitrogens is 3. The number of thiazole rings is 1. The summed E-state index contributed by atoms with van der Waals surface area (Å²) in [6, 6.07) is 8.00. The molecule has 0 saturated carbocycles. The largest absolute Gasteiger partial charge is 0.496 e. The molecule has 29 heavy (non-hydrogen) atoms. The van der Waals surface area contributed by atoms with Gasteiger partial charge in [-0.25, -0.2) is 4.98 Å². The second kappa shape index (κ2) is 9.39. The third-order valence-electron chi connectivity index (χ3n) is 4.84. The number of nitrogens with one attached hydrogen (secondary N) is 2. The summed E-state index contributed by atoms with van der Waals surface area (Å²) >= 11 is 1.38. The summed E-state index contributed by atoms with van der Waals surface area (Å²) in [6.45, 7) is 3.95. The van der Waals surface area contributed by atoms with Gasteiger partial charge in [0, 0.05) is 23.7 Å². The van der Waals surface area contributed by atoms with Crippen molar-refractivity contribution in [3.63, 3.8) is 0 Å². The second-order valence-electron chi connectivity index (χ2n) is 6.88. The van der Waals surface area contributed by atoms with Crippen LogP contribution in [0.1, 0.15) is 34.9 Å². The first-order chi connectivity index (χ1) is 13.6. The van der Waals surface area contributed by atoms with Crippen molar-refractivity contribution in [3.8, 4) is 17.0 Å². The highest BCUT2D eigenvalue weighted by molar-refractivity contribution is 7.14. The summed E-state index contributed by atoms with van der Waals surface area (Å²) in [6.07, 6.45) is 4.07. The van der Waals surface area contributed by atoms with E-state index in [-0.39, 0.29) is 18.3 Å². The van der Waals surface area contributed by atoms with Crippen LogP contribution in [0.4, 0.5) is 5.13 Å². The molecule has 1 amide bonds. The summed E-state index contributed by atoms with van der Waals surface area (Å²) < 4.78 is 7.32. The van der Waals surface area contributed by atoms with Gasteiger partial charge in [0.05, 0.1) is 18.8 Å². The maximum absolute atomic E-state index is 12.6. The minimum atomic E-state index is -0.250. The lowest BCUT2D eigenvalue weighted by Crippen LogP contribution is -2.32. The Labute approximate surface area is 179 Å². The minimum absolute atomic E-state index is 0. The van der Waals surface area contributed by atoms with E-state index in [1.54, 1.807) is 13.2 Å². The van der Waals surface area contributed by atoms with Crippen LogP contribution < -0.4 is 15.4 Å². The number of anilines is 1. The van der Waals surface area contributed by atoms with Crippen LogP contribution in [-0.4, -0.2) is 40.9 Å². The third-order valence-corrected chi connectivity index (χ3v) is 5.60. The molecule has 1 atom stereocenters. The van der Waals surface area contributed by atoms with Crippen molar-refractivity contribution in [1.29, 1.82) is 0 Å². The van der Waals surface area contributed by atoms with Gasteiger partial charge in [-0.2, -0.15) is 5.10 Å². The molecule has 1 fully saturated rings. The molecule has 2 N–H and O–H groups in total. The van der Waals surface area contributed by atoms with Crippen LogP contribution in [0.2, 0.25) is 0 Å². The van der Waals surface area contributed by atoms with E-state index in [1.807, 2.05) is 41.4 Å². The van der Waals surface area contributed by atoms with Gasteiger partial charge < -0.3 is 10.1 Å². The Bertz CT molecular complexity index is 981. The normalized spacial score (nSPS) is 16.1. The molecule has 0 aliphatic carbocycles. The summed E-state index contributed by atoms with van der Waals surface area (Å²) in [4.78, 5) is 17.1. The highest BCUT2D eigenvalue weighted by atomic mass is 35.5. The number of aryl methyl sites for hydroxylation is 1. The number of halogens is 1. The summed E-state index contributed by atoms with van der Waals surface area (Å²) in [5, 5.41) is 13.1. The predicted octanol–water partition coefficient (Wildman–Crippen LogP) is 3.92. The molecule has 1 aromatic carbocycles. The van der Waals surface area contributed by atoms with Gasteiger partial charge in [0.25, 0.3) is 5.91 Å². The van der Waals surface area contributed by atoms with Gasteiger partial charge in [0.15, 0.2) is 10.8 Å². The Kier molecular flexibility index (Phi) is 6.89. The smallest absolute Gasteiger partial charge is 0.277 e. The van der Waals surface area contributed by atoms with Gasteiger partial charge in [-0.05, 0) is 44.5 Å². The lowest BCUT2D eigenvalue weighted by atomic mass is 10.1. The topological polar surface area (TPSA) is 81.1 Å². The van der Waals surface area contributed by atoms with E-state index in [9.17, 15) is 4.79 Å². The van der Waals surface area contributed by atoms with Gasteiger partial charge in [0.1, 0.15) is 5.75 Å². The number of benzene rings is 1. The molecule has 1 aliphatic rings. The van der Waals surface area contributed by atoms with E-state index in [1.165, 1.54) is 11.3 Å². The van der Waals surface area contributed by atoms with Crippen LogP contribution in [0.3, 0.4) is 0 Å². The fraction of sp³-hybridized carbons (Fsp3) is 0.350. The number of carbonyl (C=O) groups excluding carboxylic acids is 1. The van der Waals surface area contributed by atoms with Crippen molar-refractivity contribution in [3.05, 3.63) is 47.1 Å². The Hall–Kier alpha value is -2.42. The molecular weight excluding hydrogens is 410 g/mol. The van der Waals surface area contributed by atoms with Gasteiger partial charge in [-0.15, -0.1) is 23.7 Å². The molecule has 4 rings (SSSR count). The van der Waals surface area contributed by atoms with Gasteiger partial charge >= 0.3 is 0 Å². The number of amides is 1. The van der Waals surface area contributed by atoms with Crippen LogP contribution >= 0.6 is 23.7 Å². The van der Waals surface area contributed by atoms with Crippen LogP contribution in [0.5, 0.6) is 5.75 Å². The Balaban J connectivity index is 0.00000240. The zero-order valence-electron chi connectivity index (χ0n) is 16.3. The SMILES string of the molecule is COc1ccc(C)cc1-c1csc(NC(=O)c2ccn(C3CCCNC3)n2)n1.Cl. The summed E-state index contributed by atoms with van der Waals surface area (Å²) in [5.74, 6) is 0.508. The maximum Gasteiger partial charge on any atom is 0.277 e. The number of rotatable bonds is 5. The monoisotopic (exact) mass is 433 g/mol. The van der Waals surface area contributed by atoms with Crippen LogP contribution in [0, 0.1) is 6.92 Å². The first kappa shape index (κ1) is 21.3. The fourth-order valence-corrected chi connectivity index (χ4v) is 4.07. The average molecular weight is 434 g/mol. The van der Waals surface area contributed by atoms with Crippen LogP contribution in [-0.2, 0) is 0 Å². The predicted molar refractivity (Wildman–Crippen MR) is 117 cm³/mol. The highest BCUT2D eigenvalue weighted by Crippen LogP contribution is 2.33. The zero-order chi connectivity index (χ0) is 19.5. The molecule has 0 radical (unpaired) electrons. The first-order valence-electron chi connectivity index (χ1n) is 9.32. The highest BCUT2D eigenvalue weighted by Gasteiger charge is 2.19. The molecule has 1 unspecified atom stereocenters. The Morgan fingerprint density at radius 3 is 3.00 bits per heavy atom. The van der Waals surface area contributed by atoms with E-state index >= 15 is 0 Å². The summed E-state index contributed by atoms with van der Waals surface area (Å²) in [5.41, 5.74) is 3.21. The van der Waals surface area contributed by atoms with E-state index in [2.05, 4.69) is 20.7 Å². The number of piperidine rings is 1. The number of hydrogen-bond acceptors (Lipinski definition) is 6. The zero-order valence-corrected chi connectivity index (χ0v) is 18.0. The molecule has 1 saturated heterocycles. The number of methoxy groups -OCH3 is 1. The van der Waals surface area contributed by atoms with Crippen molar-refractivity contribution in [2.24, 2.45) is 0 Å². The van der Waals surface area contributed by atoms with E-state index in [4.69, 9.17) is 4.74 Å². The molecule has 1 aliphatic heterocycles. The molecule has 0 spiro atoms. The molecular formula is C20H24ClN5O2S. The first-order valence-corrected chi connectivity index (χ1v) is 10.2. The van der Waals surface area contributed by atoms with Gasteiger partial charge in [-0.3, -0.25) is 14.8 Å². The lowest BCUT2D eigenvalue weighted by Gasteiger charge is -2.22. The van der Waals surface area contributed by atoms with E-state index in [0.717, 1.165) is 48.5 Å². The maximum atomic E-state index is 12.6. The van der Waals surface area contributed by atoms with Crippen molar-refractivity contribution >= 4 is 34.8 Å². The molecule has 3 heterocycles. The number of nitrogens with zero attached hydrogens (tertiary/aromatic N) is 3. The van der Waals surface area contributed by atoms with Crippen LogP contribution in [0.25, 0.3) is 11.3 Å². The Morgan fingerprint density at radius 1 is 1.38 bits per heavy atom. The minimum Gasteiger partial charge on any atom is -0.496 e. The summed E-state index contributed by atoms with van der Waals surface area (Å²) in [7, 11) is 1.64. The van der Waals surface area contributed by atoms with Gasteiger partial charge in [-0.1, -0.05) is 11.6 Å². The average Bonchev–Trinajstić information content (AvgIpc) is 3.38. The molecule has 0 bridgehead atoms. The standard InChI is InChI=1S/C20H23N5O2S.ClH/c1-13-5-6-18(27-2)15(10-13)17-12-28-20(22-17)23-19(26)16-7-9-25(24-16)14-4-3-8-21-11-14;/h5-7,9-10,12,14,21H,3-4,8,11H2,1-2H3,(H,22,23,26);1H. The van der Waals surface area contributed by atoms with Crippen molar-refractivity contribution in [1.82, 2.24) is 20.1 Å². The fourth-order valence-electron chi connectivity index (χ4n) is 3.36. The number of carbonyl (C=O) groups is 1.